The predicted octanol–water partition coefficient (Wildman–Crippen LogP) is 0.0325. The molecule has 0 aromatic rings. The summed E-state index contributed by atoms with van der Waals surface area (Å²) in [4.78, 5) is 24.5. The van der Waals surface area contributed by atoms with Gasteiger partial charge in [0.2, 0.25) is 0 Å². The number of nitrogens with one attached hydrogen (secondary N) is 1. The zero-order chi connectivity index (χ0) is 14.3. The summed E-state index contributed by atoms with van der Waals surface area (Å²) < 4.78 is 5.55. The second-order valence-electron chi connectivity index (χ2n) is 4.55. The number of nitrogens with zero attached hydrogens (tertiary/aromatic N) is 1. The highest BCUT2D eigenvalue weighted by atomic mass is 16.5. The van der Waals surface area contributed by atoms with Gasteiger partial charge in [-0.1, -0.05) is 6.92 Å². The van der Waals surface area contributed by atoms with Crippen LogP contribution in [0, 0.1) is 0 Å². The number of hydrogen-bond acceptors (Lipinski definition) is 4. The molecule has 1 heterocycles. The smallest absolute Gasteiger partial charge is 0.326 e. The molecule has 7 heteroatoms. The highest BCUT2D eigenvalue weighted by Gasteiger charge is 2.25. The molecule has 1 unspecified atom stereocenters. The number of ether oxygens (including phenoxy) is 1. The van der Waals surface area contributed by atoms with Crippen molar-refractivity contribution >= 4 is 12.0 Å². The van der Waals surface area contributed by atoms with Crippen molar-refractivity contribution in [3.05, 3.63) is 0 Å². The Morgan fingerprint density at radius 1 is 1.53 bits per heavy atom. The third-order valence-electron chi connectivity index (χ3n) is 3.11. The monoisotopic (exact) mass is 274 g/mol. The fraction of sp³-hybridized carbons (Fsp3) is 0.833. The maximum absolute atomic E-state index is 12.0. The number of aliphatic hydroxyl groups excluding tert-OH is 1. The topological polar surface area (TPSA) is 99.1 Å². The minimum atomic E-state index is -1.14. The molecule has 110 valence electrons. The van der Waals surface area contributed by atoms with Crippen LogP contribution in [-0.2, 0) is 9.53 Å². The van der Waals surface area contributed by atoms with E-state index in [-0.39, 0.29) is 19.1 Å². The van der Waals surface area contributed by atoms with Crippen LogP contribution >= 0.6 is 0 Å². The number of carboxylic acid groups (broad SMARTS) is 1. The minimum Gasteiger partial charge on any atom is -0.480 e. The summed E-state index contributed by atoms with van der Waals surface area (Å²) >= 11 is 0. The van der Waals surface area contributed by atoms with Crippen molar-refractivity contribution in [2.45, 2.75) is 38.3 Å². The van der Waals surface area contributed by atoms with Crippen molar-refractivity contribution in [3.8, 4) is 0 Å². The Morgan fingerprint density at radius 3 is 2.84 bits per heavy atom. The number of carbonyl (C=O) groups is 2. The third-order valence-corrected chi connectivity index (χ3v) is 3.11. The van der Waals surface area contributed by atoms with Crippen LogP contribution in [0.4, 0.5) is 4.79 Å². The summed E-state index contributed by atoms with van der Waals surface area (Å²) in [5.74, 6) is -1.14. The maximum Gasteiger partial charge on any atom is 0.326 e. The summed E-state index contributed by atoms with van der Waals surface area (Å²) in [5, 5.41) is 20.2. The minimum absolute atomic E-state index is 0.00260. The van der Waals surface area contributed by atoms with Gasteiger partial charge < -0.3 is 25.2 Å². The van der Waals surface area contributed by atoms with Gasteiger partial charge in [0.15, 0.2) is 0 Å². The van der Waals surface area contributed by atoms with E-state index in [0.717, 1.165) is 12.8 Å². The van der Waals surface area contributed by atoms with Gasteiger partial charge in [-0.2, -0.15) is 0 Å². The van der Waals surface area contributed by atoms with Gasteiger partial charge in [0.25, 0.3) is 0 Å². The van der Waals surface area contributed by atoms with Gasteiger partial charge in [0, 0.05) is 32.7 Å². The molecule has 0 bridgehead atoms. The van der Waals surface area contributed by atoms with Gasteiger partial charge >= 0.3 is 12.0 Å². The van der Waals surface area contributed by atoms with Crippen molar-refractivity contribution < 1.29 is 24.5 Å². The number of amides is 2. The summed E-state index contributed by atoms with van der Waals surface area (Å²) in [6.45, 7) is 3.33. The second kappa shape index (κ2) is 7.96. The molecule has 1 saturated heterocycles. The molecule has 2 amide bonds. The molecular formula is C12H22N2O5. The first-order chi connectivity index (χ1) is 9.08. The van der Waals surface area contributed by atoms with E-state index in [2.05, 4.69) is 5.32 Å². The van der Waals surface area contributed by atoms with E-state index < -0.39 is 18.0 Å². The lowest BCUT2D eigenvalue weighted by atomic mass is 10.2. The van der Waals surface area contributed by atoms with Crippen molar-refractivity contribution in [1.29, 1.82) is 0 Å². The number of rotatable bonds is 5. The molecule has 0 spiro atoms. The summed E-state index contributed by atoms with van der Waals surface area (Å²) in [6.07, 6.45) is 1.54. The molecule has 1 fully saturated rings. The highest BCUT2D eigenvalue weighted by Crippen LogP contribution is 2.09. The third kappa shape index (κ3) is 5.04. The Morgan fingerprint density at radius 2 is 2.26 bits per heavy atom. The summed E-state index contributed by atoms with van der Waals surface area (Å²) in [6, 6.07) is -1.47. The Hall–Kier alpha value is -1.34. The Balaban J connectivity index is 2.56. The van der Waals surface area contributed by atoms with Crippen molar-refractivity contribution in [1.82, 2.24) is 10.2 Å². The maximum atomic E-state index is 12.0. The van der Waals surface area contributed by atoms with Crippen LogP contribution in [0.3, 0.4) is 0 Å². The lowest BCUT2D eigenvalue weighted by molar-refractivity contribution is -0.139. The van der Waals surface area contributed by atoms with Crippen LogP contribution in [-0.4, -0.2) is 65.6 Å². The first-order valence-corrected chi connectivity index (χ1v) is 6.59. The number of aliphatic hydroxyl groups is 1. The van der Waals surface area contributed by atoms with Crippen LogP contribution < -0.4 is 5.32 Å². The summed E-state index contributed by atoms with van der Waals surface area (Å²) in [5.41, 5.74) is 0. The molecule has 0 saturated carbocycles. The molecule has 19 heavy (non-hydrogen) atoms. The quantitative estimate of drug-likeness (QED) is 0.657. The number of hydrogen-bond donors (Lipinski definition) is 3. The number of carboxylic acids is 1. The molecule has 0 radical (unpaired) electrons. The van der Waals surface area contributed by atoms with E-state index in [0.29, 0.717) is 19.7 Å². The van der Waals surface area contributed by atoms with Crippen LogP contribution in [0.2, 0.25) is 0 Å². The van der Waals surface area contributed by atoms with Crippen LogP contribution in [0.25, 0.3) is 0 Å². The number of aliphatic carboxylic acids is 1. The van der Waals surface area contributed by atoms with Crippen molar-refractivity contribution in [2.24, 2.45) is 0 Å². The van der Waals surface area contributed by atoms with Gasteiger partial charge in [-0.15, -0.1) is 0 Å². The van der Waals surface area contributed by atoms with E-state index >= 15 is 0 Å². The van der Waals surface area contributed by atoms with Crippen LogP contribution in [0.1, 0.15) is 26.2 Å². The average Bonchev–Trinajstić information content (AvgIpc) is 2.63. The van der Waals surface area contributed by atoms with Gasteiger partial charge in [0.1, 0.15) is 6.04 Å². The van der Waals surface area contributed by atoms with Gasteiger partial charge in [-0.25, -0.2) is 9.59 Å². The van der Waals surface area contributed by atoms with Crippen molar-refractivity contribution in [3.63, 3.8) is 0 Å². The van der Waals surface area contributed by atoms with Gasteiger partial charge in [0.05, 0.1) is 6.10 Å². The molecule has 0 aromatic carbocycles. The molecule has 1 rings (SSSR count). The molecule has 2 atom stereocenters. The average molecular weight is 274 g/mol. The van der Waals surface area contributed by atoms with Gasteiger partial charge in [-0.05, 0) is 12.8 Å². The van der Waals surface area contributed by atoms with Crippen molar-refractivity contribution in [2.75, 3.05) is 26.3 Å². The Bertz CT molecular complexity index is 310. The second-order valence-corrected chi connectivity index (χ2v) is 4.55. The highest BCUT2D eigenvalue weighted by molar-refractivity contribution is 5.82. The zero-order valence-corrected chi connectivity index (χ0v) is 11.2. The molecule has 1 aliphatic heterocycles. The van der Waals surface area contributed by atoms with Gasteiger partial charge in [-0.3, -0.25) is 0 Å². The van der Waals surface area contributed by atoms with E-state index in [1.54, 1.807) is 4.90 Å². The standard InChI is InChI=1S/C12H22N2O5/c1-2-9-8-14(5-3-7-19-9)12(18)13-10(4-6-15)11(16)17/h9-10,15H,2-8H2,1H3,(H,13,18)(H,16,17)/t9?,10-/m0/s1. The summed E-state index contributed by atoms with van der Waals surface area (Å²) in [7, 11) is 0. The molecule has 0 aliphatic carbocycles. The van der Waals surface area contributed by atoms with E-state index in [4.69, 9.17) is 14.9 Å². The van der Waals surface area contributed by atoms with E-state index in [1.807, 2.05) is 6.92 Å². The molecule has 1 aliphatic rings. The SMILES string of the molecule is CCC1CN(C(=O)N[C@@H](CCO)C(=O)O)CCCO1. The van der Waals surface area contributed by atoms with E-state index in [9.17, 15) is 9.59 Å². The molecule has 0 aromatic heterocycles. The fourth-order valence-corrected chi connectivity index (χ4v) is 1.95. The fourth-order valence-electron chi connectivity index (χ4n) is 1.95. The molecular weight excluding hydrogens is 252 g/mol. The normalized spacial score (nSPS) is 21.6. The lowest BCUT2D eigenvalue weighted by Gasteiger charge is -2.25. The first kappa shape index (κ1) is 15.7. The number of urea groups is 1. The predicted molar refractivity (Wildman–Crippen MR) is 67.9 cm³/mol. The lowest BCUT2D eigenvalue weighted by Crippen LogP contribution is -2.49. The molecule has 3 N–H and O–H groups in total. The largest absolute Gasteiger partial charge is 0.480 e. The zero-order valence-electron chi connectivity index (χ0n) is 11.2. The Kier molecular flexibility index (Phi) is 6.58. The Labute approximate surface area is 112 Å². The first-order valence-electron chi connectivity index (χ1n) is 6.59. The molecule has 7 nitrogen and oxygen atoms in total. The van der Waals surface area contributed by atoms with E-state index in [1.165, 1.54) is 0 Å². The van der Waals surface area contributed by atoms with Crippen LogP contribution in [0.5, 0.6) is 0 Å². The van der Waals surface area contributed by atoms with Crippen LogP contribution in [0.15, 0.2) is 0 Å². The number of carbonyl (C=O) groups excluding carboxylic acids is 1.